The largest absolute Gasteiger partial charge is 0.444 e. The Bertz CT molecular complexity index is 2030. The predicted octanol–water partition coefficient (Wildman–Crippen LogP) is 3.76. The summed E-state index contributed by atoms with van der Waals surface area (Å²) in [5.74, 6) is -2.80. The SMILES string of the molecule is CCCC[C@H](NC(=O)[C@@H]1CCCN1C(=O)[C@H]1CCCN1C(=O)[C@H](Cc1ccccc1)NC(=O)[C@@H](Cc1c[nH]c2ccccc12)NC(=O)CCCCNC(=O)OC(C)(C)C)C(N)=O. The van der Waals surface area contributed by atoms with E-state index in [2.05, 4.69) is 26.3 Å². The van der Waals surface area contributed by atoms with E-state index in [0.717, 1.165) is 28.5 Å². The number of unbranched alkanes of at least 4 members (excludes halogenated alkanes) is 2. The summed E-state index contributed by atoms with van der Waals surface area (Å²) in [6.45, 7) is 8.21. The normalized spacial score (nSPS) is 17.8. The zero-order chi connectivity index (χ0) is 44.8. The number of carbonyl (C=O) groups excluding carboxylic acids is 7. The number of carbonyl (C=O) groups is 7. The van der Waals surface area contributed by atoms with Crippen LogP contribution in [0.4, 0.5) is 4.79 Å². The summed E-state index contributed by atoms with van der Waals surface area (Å²) in [5.41, 5.74) is 7.42. The number of para-hydroxylation sites is 1. The number of hydrogen-bond donors (Lipinski definition) is 6. The van der Waals surface area contributed by atoms with Gasteiger partial charge in [-0.05, 0) is 82.9 Å². The van der Waals surface area contributed by atoms with Crippen molar-refractivity contribution in [1.29, 1.82) is 0 Å². The zero-order valence-electron chi connectivity index (χ0n) is 36.5. The summed E-state index contributed by atoms with van der Waals surface area (Å²) < 4.78 is 5.27. The van der Waals surface area contributed by atoms with Gasteiger partial charge in [-0.3, -0.25) is 28.8 Å². The van der Waals surface area contributed by atoms with Gasteiger partial charge in [-0.2, -0.15) is 0 Å². The van der Waals surface area contributed by atoms with E-state index in [1.165, 1.54) is 9.80 Å². The predicted molar refractivity (Wildman–Crippen MR) is 234 cm³/mol. The maximum Gasteiger partial charge on any atom is 0.407 e. The van der Waals surface area contributed by atoms with Crippen molar-refractivity contribution in [3.05, 3.63) is 71.9 Å². The second kappa shape index (κ2) is 22.2. The molecule has 336 valence electrons. The first-order chi connectivity index (χ1) is 29.6. The van der Waals surface area contributed by atoms with Crippen molar-refractivity contribution in [2.75, 3.05) is 19.6 Å². The van der Waals surface area contributed by atoms with Crippen molar-refractivity contribution in [2.24, 2.45) is 5.73 Å². The van der Waals surface area contributed by atoms with Crippen LogP contribution in [0.1, 0.15) is 103 Å². The van der Waals surface area contributed by atoms with Crippen molar-refractivity contribution >= 4 is 52.4 Å². The quantitative estimate of drug-likeness (QED) is 0.0916. The van der Waals surface area contributed by atoms with Crippen LogP contribution in [0.15, 0.2) is 60.8 Å². The molecule has 3 aromatic rings. The zero-order valence-corrected chi connectivity index (χ0v) is 36.5. The van der Waals surface area contributed by atoms with E-state index in [1.54, 1.807) is 27.0 Å². The molecule has 5 atom stereocenters. The van der Waals surface area contributed by atoms with Crippen molar-refractivity contribution in [1.82, 2.24) is 36.1 Å². The third-order valence-corrected chi connectivity index (χ3v) is 11.3. The molecule has 16 heteroatoms. The Morgan fingerprint density at radius 2 is 1.50 bits per heavy atom. The number of nitrogens with two attached hydrogens (primary N) is 1. The van der Waals surface area contributed by atoms with E-state index in [9.17, 15) is 33.6 Å². The molecule has 2 aliphatic rings. The van der Waals surface area contributed by atoms with Crippen LogP contribution in [0.2, 0.25) is 0 Å². The minimum absolute atomic E-state index is 0.0923. The third-order valence-electron chi connectivity index (χ3n) is 11.3. The molecule has 2 fully saturated rings. The fourth-order valence-corrected chi connectivity index (χ4v) is 8.18. The molecule has 0 radical (unpaired) electrons. The van der Waals surface area contributed by atoms with Crippen LogP contribution >= 0.6 is 0 Å². The van der Waals surface area contributed by atoms with Crippen LogP contribution in [0.25, 0.3) is 10.9 Å². The number of primary amides is 1. The molecule has 0 spiro atoms. The molecule has 7 amide bonds. The summed E-state index contributed by atoms with van der Waals surface area (Å²) in [6.07, 6.45) is 6.41. The summed E-state index contributed by atoms with van der Waals surface area (Å²) >= 11 is 0. The number of rotatable bonds is 20. The Morgan fingerprint density at radius 3 is 2.21 bits per heavy atom. The van der Waals surface area contributed by atoms with Gasteiger partial charge in [-0.25, -0.2) is 4.79 Å². The third kappa shape index (κ3) is 13.3. The summed E-state index contributed by atoms with van der Waals surface area (Å²) in [5, 5.41) is 12.2. The van der Waals surface area contributed by atoms with Crippen LogP contribution in [-0.2, 0) is 46.3 Å². The number of fused-ring (bicyclic) bond motifs is 1. The molecule has 5 rings (SSSR count). The highest BCUT2D eigenvalue weighted by atomic mass is 16.6. The van der Waals surface area contributed by atoms with E-state index < -0.39 is 65.5 Å². The van der Waals surface area contributed by atoms with Crippen LogP contribution < -0.4 is 27.0 Å². The van der Waals surface area contributed by atoms with Crippen molar-refractivity contribution < 1.29 is 38.3 Å². The number of amides is 7. The fraction of sp³-hybridized carbons (Fsp3) is 0.543. The van der Waals surface area contributed by atoms with E-state index in [1.807, 2.05) is 61.5 Å². The number of hydrogen-bond acceptors (Lipinski definition) is 8. The average molecular weight is 857 g/mol. The second-order valence-electron chi connectivity index (χ2n) is 17.3. The molecule has 7 N–H and O–H groups in total. The molecule has 0 unspecified atom stereocenters. The van der Waals surface area contributed by atoms with Crippen LogP contribution in [0.5, 0.6) is 0 Å². The second-order valence-corrected chi connectivity index (χ2v) is 17.3. The Balaban J connectivity index is 1.31. The molecule has 2 aromatic carbocycles. The first-order valence-electron chi connectivity index (χ1n) is 22.0. The Hall–Kier alpha value is -5.93. The van der Waals surface area contributed by atoms with E-state index in [4.69, 9.17) is 10.5 Å². The standard InChI is InChI=1S/C46H64N8O8/c1-5-6-19-34(40(47)56)51-42(58)37-21-14-25-53(37)44(60)38-22-15-26-54(38)43(59)36(27-30-16-8-7-9-17-30)52-41(57)35(28-31-29-49-33-20-11-10-18-32(31)33)50-39(55)23-12-13-24-48-45(61)62-46(2,3)4/h7-11,16-18,20,29,34-38,49H,5-6,12-15,19,21-28H2,1-4H3,(H2,47,56)(H,48,61)(H,50,55)(H,51,58)(H,52,57)/t34-,35+,36-,37-,38+/m0/s1. The number of benzene rings is 2. The summed E-state index contributed by atoms with van der Waals surface area (Å²) in [4.78, 5) is 101. The average Bonchev–Trinajstić information content (AvgIpc) is 4.02. The molecule has 0 bridgehead atoms. The maximum atomic E-state index is 14.7. The Morgan fingerprint density at radius 1 is 0.806 bits per heavy atom. The molecular formula is C46H64N8O8. The number of H-pyrrole nitrogens is 1. The smallest absolute Gasteiger partial charge is 0.407 e. The van der Waals surface area contributed by atoms with Crippen LogP contribution in [0, 0.1) is 0 Å². The number of nitrogens with one attached hydrogen (secondary N) is 5. The molecule has 1 aromatic heterocycles. The number of alkyl carbamates (subject to hydrolysis) is 1. The van der Waals surface area contributed by atoms with Gasteiger partial charge in [0.15, 0.2) is 0 Å². The summed E-state index contributed by atoms with van der Waals surface area (Å²) in [7, 11) is 0. The number of nitrogens with zero attached hydrogens (tertiary/aromatic N) is 2. The Labute approximate surface area is 363 Å². The highest BCUT2D eigenvalue weighted by Gasteiger charge is 2.44. The number of likely N-dealkylation sites (tertiary alicyclic amines) is 2. The molecule has 2 aliphatic heterocycles. The molecular weight excluding hydrogens is 793 g/mol. The monoisotopic (exact) mass is 856 g/mol. The molecule has 0 aliphatic carbocycles. The van der Waals surface area contributed by atoms with Gasteiger partial charge in [0, 0.05) is 56.0 Å². The number of aromatic amines is 1. The van der Waals surface area contributed by atoms with Crippen LogP contribution in [0.3, 0.4) is 0 Å². The van der Waals surface area contributed by atoms with E-state index >= 15 is 0 Å². The lowest BCUT2D eigenvalue weighted by Gasteiger charge is -2.33. The molecule has 3 heterocycles. The Kier molecular flexibility index (Phi) is 16.9. The van der Waals surface area contributed by atoms with Gasteiger partial charge in [0.05, 0.1) is 0 Å². The lowest BCUT2D eigenvalue weighted by atomic mass is 10.0. The molecule has 2 saturated heterocycles. The molecule has 16 nitrogen and oxygen atoms in total. The topological polar surface area (TPSA) is 225 Å². The van der Waals surface area contributed by atoms with Gasteiger partial charge in [0.1, 0.15) is 35.8 Å². The number of ether oxygens (including phenoxy) is 1. The highest BCUT2D eigenvalue weighted by Crippen LogP contribution is 2.27. The fourth-order valence-electron chi connectivity index (χ4n) is 8.18. The lowest BCUT2D eigenvalue weighted by Crippen LogP contribution is -2.59. The minimum Gasteiger partial charge on any atom is -0.444 e. The van der Waals surface area contributed by atoms with Crippen LogP contribution in [-0.4, -0.2) is 112 Å². The summed E-state index contributed by atoms with van der Waals surface area (Å²) in [6, 6.07) is 12.2. The number of aromatic nitrogens is 1. The van der Waals surface area contributed by atoms with Gasteiger partial charge in [-0.1, -0.05) is 68.3 Å². The van der Waals surface area contributed by atoms with Gasteiger partial charge >= 0.3 is 6.09 Å². The van der Waals surface area contributed by atoms with E-state index in [-0.39, 0.29) is 37.6 Å². The minimum atomic E-state index is -1.09. The van der Waals surface area contributed by atoms with Crippen molar-refractivity contribution in [2.45, 2.75) is 141 Å². The van der Waals surface area contributed by atoms with E-state index in [0.29, 0.717) is 64.5 Å². The van der Waals surface area contributed by atoms with Crippen molar-refractivity contribution in [3.63, 3.8) is 0 Å². The van der Waals surface area contributed by atoms with Crippen molar-refractivity contribution in [3.8, 4) is 0 Å². The first-order valence-corrected chi connectivity index (χ1v) is 22.0. The van der Waals surface area contributed by atoms with Gasteiger partial charge in [-0.15, -0.1) is 0 Å². The van der Waals surface area contributed by atoms with Gasteiger partial charge < -0.3 is 46.5 Å². The first kappa shape index (κ1) is 47.1. The highest BCUT2D eigenvalue weighted by molar-refractivity contribution is 5.97. The van der Waals surface area contributed by atoms with Gasteiger partial charge in [0.25, 0.3) is 0 Å². The van der Waals surface area contributed by atoms with Gasteiger partial charge in [0.2, 0.25) is 35.4 Å². The lowest BCUT2D eigenvalue weighted by molar-refractivity contribution is -0.148. The maximum absolute atomic E-state index is 14.7. The molecule has 62 heavy (non-hydrogen) atoms. The molecule has 0 saturated carbocycles.